The molecule has 0 aromatic carbocycles. The maximum absolute atomic E-state index is 10.00. The minimum atomic E-state index is -1.00. The Morgan fingerprint density at radius 1 is 0.812 bits per heavy atom. The molecule has 0 rings (SSSR count). The highest BCUT2D eigenvalue weighted by Gasteiger charge is 2.22. The van der Waals surface area contributed by atoms with Gasteiger partial charge in [0.2, 0.25) is 0 Å². The summed E-state index contributed by atoms with van der Waals surface area (Å²) in [5.74, 6) is 6.36. The second kappa shape index (κ2) is 5.70. The van der Waals surface area contributed by atoms with E-state index in [0.717, 1.165) is 0 Å². The second-order valence-corrected chi connectivity index (χ2v) is 5.99. The summed E-state index contributed by atoms with van der Waals surface area (Å²) in [4.78, 5) is 0. The molecular weight excluding hydrogens is 200 g/mol. The lowest BCUT2D eigenvalue weighted by atomic mass is 9.91. The van der Waals surface area contributed by atoms with Gasteiger partial charge >= 0.3 is 0 Å². The van der Waals surface area contributed by atoms with Gasteiger partial charge in [-0.05, 0) is 38.5 Å². The molecule has 0 heterocycles. The van der Waals surface area contributed by atoms with E-state index >= 15 is 0 Å². The van der Waals surface area contributed by atoms with Gasteiger partial charge in [-0.3, -0.25) is 0 Å². The second-order valence-electron chi connectivity index (χ2n) is 5.99. The molecule has 0 radical (unpaired) electrons. The van der Waals surface area contributed by atoms with Gasteiger partial charge in [0.05, 0.1) is 0 Å². The molecule has 0 aromatic heterocycles. The topological polar surface area (TPSA) is 40.5 Å². The van der Waals surface area contributed by atoms with Crippen molar-refractivity contribution in [1.29, 1.82) is 0 Å². The lowest BCUT2D eigenvalue weighted by Crippen LogP contribution is -2.28. The standard InChI is InChI=1S/C14H26O2/c1-11(2)9-13(5,15)7-8-14(6,16)10-12(3)4/h11-12,15-16H,9-10H2,1-6H3/t13-,14-/m0/s1. The average Bonchev–Trinajstić information content (AvgIpc) is 1.96. The summed E-state index contributed by atoms with van der Waals surface area (Å²) < 4.78 is 0. The van der Waals surface area contributed by atoms with E-state index in [1.807, 2.05) is 27.7 Å². The lowest BCUT2D eigenvalue weighted by Gasteiger charge is -2.22. The highest BCUT2D eigenvalue weighted by molar-refractivity contribution is 5.19. The first kappa shape index (κ1) is 15.5. The van der Waals surface area contributed by atoms with Crippen LogP contribution in [-0.4, -0.2) is 21.4 Å². The third-order valence-electron chi connectivity index (χ3n) is 2.21. The van der Waals surface area contributed by atoms with E-state index in [4.69, 9.17) is 0 Å². The van der Waals surface area contributed by atoms with Crippen LogP contribution in [0, 0.1) is 23.7 Å². The van der Waals surface area contributed by atoms with Crippen LogP contribution in [0.25, 0.3) is 0 Å². The van der Waals surface area contributed by atoms with E-state index in [9.17, 15) is 10.2 Å². The van der Waals surface area contributed by atoms with Gasteiger partial charge in [0.1, 0.15) is 11.2 Å². The van der Waals surface area contributed by atoms with E-state index in [1.165, 1.54) is 0 Å². The molecule has 0 aromatic rings. The molecule has 0 unspecified atom stereocenters. The summed E-state index contributed by atoms with van der Waals surface area (Å²) in [6, 6.07) is 0. The number of hydrogen-bond donors (Lipinski definition) is 2. The van der Waals surface area contributed by atoms with E-state index in [-0.39, 0.29) is 0 Å². The van der Waals surface area contributed by atoms with Crippen LogP contribution in [-0.2, 0) is 0 Å². The van der Waals surface area contributed by atoms with Crippen molar-refractivity contribution in [3.05, 3.63) is 0 Å². The molecule has 0 bridgehead atoms. The minimum absolute atomic E-state index is 0.388. The Morgan fingerprint density at radius 3 is 1.25 bits per heavy atom. The van der Waals surface area contributed by atoms with Crippen LogP contribution in [0.4, 0.5) is 0 Å². The van der Waals surface area contributed by atoms with Gasteiger partial charge in [0.25, 0.3) is 0 Å². The normalized spacial score (nSPS) is 18.9. The highest BCUT2D eigenvalue weighted by Crippen LogP contribution is 2.18. The fourth-order valence-corrected chi connectivity index (χ4v) is 1.96. The molecule has 0 saturated heterocycles. The van der Waals surface area contributed by atoms with Gasteiger partial charge in [0.15, 0.2) is 0 Å². The molecule has 16 heavy (non-hydrogen) atoms. The maximum atomic E-state index is 10.00. The van der Waals surface area contributed by atoms with Gasteiger partial charge in [-0.1, -0.05) is 39.5 Å². The first-order valence-electron chi connectivity index (χ1n) is 6.03. The Kier molecular flexibility index (Phi) is 5.52. The van der Waals surface area contributed by atoms with Crippen molar-refractivity contribution in [2.24, 2.45) is 11.8 Å². The van der Waals surface area contributed by atoms with Crippen LogP contribution >= 0.6 is 0 Å². The summed E-state index contributed by atoms with van der Waals surface area (Å²) in [5, 5.41) is 20.0. The molecule has 2 heteroatoms. The van der Waals surface area contributed by atoms with Crippen molar-refractivity contribution in [1.82, 2.24) is 0 Å². The zero-order valence-electron chi connectivity index (χ0n) is 11.5. The van der Waals surface area contributed by atoms with Gasteiger partial charge in [0, 0.05) is 0 Å². The van der Waals surface area contributed by atoms with Crippen molar-refractivity contribution in [3.63, 3.8) is 0 Å². The monoisotopic (exact) mass is 226 g/mol. The summed E-state index contributed by atoms with van der Waals surface area (Å²) in [7, 11) is 0. The Labute approximate surface area is 100 Å². The predicted molar refractivity (Wildman–Crippen MR) is 67.9 cm³/mol. The molecule has 2 nitrogen and oxygen atoms in total. The molecule has 2 atom stereocenters. The van der Waals surface area contributed by atoms with Crippen LogP contribution in [0.1, 0.15) is 54.4 Å². The molecular formula is C14H26O2. The SMILES string of the molecule is CC(C)C[C@@](C)(O)C#C[C@](C)(O)CC(C)C. The van der Waals surface area contributed by atoms with Crippen molar-refractivity contribution < 1.29 is 10.2 Å². The van der Waals surface area contributed by atoms with Crippen LogP contribution in [0.5, 0.6) is 0 Å². The quantitative estimate of drug-likeness (QED) is 0.723. The summed E-state index contributed by atoms with van der Waals surface area (Å²) in [6.45, 7) is 11.6. The van der Waals surface area contributed by atoms with Crippen molar-refractivity contribution in [3.8, 4) is 11.8 Å². The maximum Gasteiger partial charge on any atom is 0.123 e. The molecule has 94 valence electrons. The van der Waals surface area contributed by atoms with Gasteiger partial charge in [-0.25, -0.2) is 0 Å². The van der Waals surface area contributed by atoms with Crippen molar-refractivity contribution in [2.75, 3.05) is 0 Å². The zero-order valence-corrected chi connectivity index (χ0v) is 11.5. The van der Waals surface area contributed by atoms with Gasteiger partial charge in [-0.2, -0.15) is 0 Å². The Balaban J connectivity index is 4.57. The van der Waals surface area contributed by atoms with Crippen LogP contribution in [0.15, 0.2) is 0 Å². The van der Waals surface area contributed by atoms with Crippen LogP contribution in [0.3, 0.4) is 0 Å². The third-order valence-corrected chi connectivity index (χ3v) is 2.21. The highest BCUT2D eigenvalue weighted by atomic mass is 16.3. The molecule has 0 fully saturated rings. The molecule has 0 aliphatic heterocycles. The van der Waals surface area contributed by atoms with Crippen molar-refractivity contribution in [2.45, 2.75) is 65.6 Å². The molecule has 0 amide bonds. The first-order chi connectivity index (χ1) is 7.04. The van der Waals surface area contributed by atoms with E-state index in [2.05, 4.69) is 11.8 Å². The fourth-order valence-electron chi connectivity index (χ4n) is 1.96. The summed E-state index contributed by atoms with van der Waals surface area (Å²) in [6.07, 6.45) is 1.25. The first-order valence-corrected chi connectivity index (χ1v) is 6.03. The summed E-state index contributed by atoms with van der Waals surface area (Å²) in [5.41, 5.74) is -2.01. The molecule has 2 N–H and O–H groups in total. The van der Waals surface area contributed by atoms with E-state index in [1.54, 1.807) is 13.8 Å². The summed E-state index contributed by atoms with van der Waals surface area (Å²) >= 11 is 0. The molecule has 0 aliphatic rings. The van der Waals surface area contributed by atoms with Gasteiger partial charge in [-0.15, -0.1) is 0 Å². The third kappa shape index (κ3) is 7.73. The van der Waals surface area contributed by atoms with Crippen molar-refractivity contribution >= 4 is 0 Å². The Bertz CT molecular complexity index is 238. The Hall–Kier alpha value is -0.520. The van der Waals surface area contributed by atoms with Crippen LogP contribution < -0.4 is 0 Å². The van der Waals surface area contributed by atoms with E-state index < -0.39 is 11.2 Å². The Morgan fingerprint density at radius 2 is 1.06 bits per heavy atom. The molecule has 0 spiro atoms. The predicted octanol–water partition coefficient (Wildman–Crippen LogP) is 2.58. The smallest absolute Gasteiger partial charge is 0.123 e. The number of aliphatic hydroxyl groups is 2. The van der Waals surface area contributed by atoms with E-state index in [0.29, 0.717) is 24.7 Å². The molecule has 0 aliphatic carbocycles. The zero-order chi connectivity index (χ0) is 13.0. The van der Waals surface area contributed by atoms with Gasteiger partial charge < -0.3 is 10.2 Å². The largest absolute Gasteiger partial charge is 0.378 e. The van der Waals surface area contributed by atoms with Crippen LogP contribution in [0.2, 0.25) is 0 Å². The molecule has 0 saturated carbocycles. The number of rotatable bonds is 4. The number of hydrogen-bond acceptors (Lipinski definition) is 2. The minimum Gasteiger partial charge on any atom is -0.378 e. The fraction of sp³-hybridized carbons (Fsp3) is 0.857. The lowest BCUT2D eigenvalue weighted by molar-refractivity contribution is 0.0859. The average molecular weight is 226 g/mol.